The van der Waals surface area contributed by atoms with Crippen LogP contribution in [0.15, 0.2) is 48.5 Å². The van der Waals surface area contributed by atoms with Crippen LogP contribution in [0.4, 0.5) is 10.1 Å². The van der Waals surface area contributed by atoms with Crippen molar-refractivity contribution >= 4 is 21.6 Å². The number of carbonyl (C=O) groups is 1. The normalized spacial score (nSPS) is 11.1. The van der Waals surface area contributed by atoms with Crippen LogP contribution in [0.5, 0.6) is 0 Å². The molecule has 0 radical (unpaired) electrons. The second kappa shape index (κ2) is 7.88. The summed E-state index contributed by atoms with van der Waals surface area (Å²) in [5, 5.41) is 11.3. The molecule has 0 aliphatic heterocycles. The molecular weight excluding hydrogens is 345 g/mol. The molecule has 0 heterocycles. The van der Waals surface area contributed by atoms with E-state index in [9.17, 15) is 17.6 Å². The predicted molar refractivity (Wildman–Crippen MR) is 91.4 cm³/mol. The third-order valence-electron chi connectivity index (χ3n) is 3.39. The van der Waals surface area contributed by atoms with E-state index in [0.29, 0.717) is 11.3 Å². The molecule has 8 heteroatoms. The topological polar surface area (TPSA) is 90.3 Å². The highest BCUT2D eigenvalue weighted by Crippen LogP contribution is 2.13. The monoisotopic (exact) mass is 361 g/mol. The lowest BCUT2D eigenvalue weighted by Crippen LogP contribution is -2.37. The zero-order chi connectivity index (χ0) is 18.4. The van der Waals surface area contributed by atoms with Crippen molar-refractivity contribution in [1.29, 1.82) is 5.26 Å². The molecule has 0 spiro atoms. The standard InChI is InChI=1S/C17H16FN3O3S/c1-25(23,24)21(11-14-4-2-3-5-16(14)18)12-17(22)20-15-8-6-13(10-19)7-9-15/h2-9H,11-12H2,1H3,(H,20,22). The van der Waals surface area contributed by atoms with Gasteiger partial charge in [-0.05, 0) is 30.3 Å². The molecule has 0 fully saturated rings. The minimum Gasteiger partial charge on any atom is -0.325 e. The quantitative estimate of drug-likeness (QED) is 0.853. The zero-order valence-electron chi connectivity index (χ0n) is 13.4. The van der Waals surface area contributed by atoms with E-state index in [0.717, 1.165) is 10.6 Å². The first kappa shape index (κ1) is 18.6. The van der Waals surface area contributed by atoms with Gasteiger partial charge in [-0.1, -0.05) is 18.2 Å². The molecule has 0 aromatic heterocycles. The smallest absolute Gasteiger partial charge is 0.239 e. The van der Waals surface area contributed by atoms with Crippen molar-refractivity contribution in [3.05, 3.63) is 65.5 Å². The van der Waals surface area contributed by atoms with Crippen LogP contribution >= 0.6 is 0 Å². The second-order valence-electron chi connectivity index (χ2n) is 5.36. The number of nitriles is 1. The van der Waals surface area contributed by atoms with Gasteiger partial charge in [0.1, 0.15) is 5.82 Å². The van der Waals surface area contributed by atoms with Crippen molar-refractivity contribution in [1.82, 2.24) is 4.31 Å². The van der Waals surface area contributed by atoms with Gasteiger partial charge in [0.15, 0.2) is 0 Å². The third kappa shape index (κ3) is 5.38. The Balaban J connectivity index is 2.10. The van der Waals surface area contributed by atoms with Gasteiger partial charge in [0.05, 0.1) is 24.4 Å². The van der Waals surface area contributed by atoms with Crippen LogP contribution in [0.25, 0.3) is 0 Å². The van der Waals surface area contributed by atoms with Gasteiger partial charge in [0.2, 0.25) is 15.9 Å². The third-order valence-corrected chi connectivity index (χ3v) is 4.59. The Labute approximate surface area is 145 Å². The van der Waals surface area contributed by atoms with E-state index in [4.69, 9.17) is 5.26 Å². The Morgan fingerprint density at radius 1 is 1.20 bits per heavy atom. The summed E-state index contributed by atoms with van der Waals surface area (Å²) in [6.07, 6.45) is 0.961. The molecule has 0 unspecified atom stereocenters. The number of sulfonamides is 1. The number of nitrogens with zero attached hydrogens (tertiary/aromatic N) is 2. The first-order valence-electron chi connectivity index (χ1n) is 7.28. The fraction of sp³-hybridized carbons (Fsp3) is 0.176. The largest absolute Gasteiger partial charge is 0.325 e. The van der Waals surface area contributed by atoms with E-state index >= 15 is 0 Å². The van der Waals surface area contributed by atoms with E-state index in [2.05, 4.69) is 5.32 Å². The van der Waals surface area contributed by atoms with E-state index in [1.807, 2.05) is 6.07 Å². The molecule has 1 N–H and O–H groups in total. The highest BCUT2D eigenvalue weighted by Gasteiger charge is 2.21. The summed E-state index contributed by atoms with van der Waals surface area (Å²) in [4.78, 5) is 12.1. The highest BCUT2D eigenvalue weighted by molar-refractivity contribution is 7.88. The Hall–Kier alpha value is -2.76. The predicted octanol–water partition coefficient (Wildman–Crippen LogP) is 2.10. The number of nitrogens with one attached hydrogen (secondary N) is 1. The minimum atomic E-state index is -3.72. The summed E-state index contributed by atoms with van der Waals surface area (Å²) in [7, 11) is -3.72. The first-order valence-corrected chi connectivity index (χ1v) is 9.13. The Morgan fingerprint density at radius 2 is 1.84 bits per heavy atom. The fourth-order valence-corrected chi connectivity index (χ4v) is 2.82. The molecule has 0 bridgehead atoms. The van der Waals surface area contributed by atoms with Crippen molar-refractivity contribution < 1.29 is 17.6 Å². The number of carbonyl (C=O) groups excluding carboxylic acids is 1. The van der Waals surface area contributed by atoms with Crippen molar-refractivity contribution in [2.45, 2.75) is 6.54 Å². The average Bonchev–Trinajstić information content (AvgIpc) is 2.56. The van der Waals surface area contributed by atoms with Crippen LogP contribution in [0.3, 0.4) is 0 Å². The van der Waals surface area contributed by atoms with E-state index in [-0.39, 0.29) is 12.1 Å². The Bertz CT molecular complexity index is 905. The van der Waals surface area contributed by atoms with Crippen molar-refractivity contribution in [2.24, 2.45) is 0 Å². The van der Waals surface area contributed by atoms with Gasteiger partial charge in [-0.2, -0.15) is 9.57 Å². The molecular formula is C17H16FN3O3S. The lowest BCUT2D eigenvalue weighted by Gasteiger charge is -2.20. The minimum absolute atomic E-state index is 0.180. The fourth-order valence-electron chi connectivity index (χ4n) is 2.10. The van der Waals surface area contributed by atoms with E-state index in [1.165, 1.54) is 42.5 Å². The van der Waals surface area contributed by atoms with Gasteiger partial charge >= 0.3 is 0 Å². The van der Waals surface area contributed by atoms with Crippen molar-refractivity contribution in [2.75, 3.05) is 18.1 Å². The maximum atomic E-state index is 13.7. The Kier molecular flexibility index (Phi) is 5.85. The maximum absolute atomic E-state index is 13.7. The van der Waals surface area contributed by atoms with Crippen LogP contribution in [-0.2, 0) is 21.4 Å². The van der Waals surface area contributed by atoms with Gasteiger partial charge < -0.3 is 5.32 Å². The molecule has 2 aromatic carbocycles. The lowest BCUT2D eigenvalue weighted by molar-refractivity contribution is -0.116. The van der Waals surface area contributed by atoms with E-state index in [1.54, 1.807) is 6.07 Å². The zero-order valence-corrected chi connectivity index (χ0v) is 14.3. The number of hydrogen-bond donors (Lipinski definition) is 1. The summed E-state index contributed by atoms with van der Waals surface area (Å²) in [5.74, 6) is -1.10. The van der Waals surface area contributed by atoms with Crippen LogP contribution in [0.1, 0.15) is 11.1 Å². The van der Waals surface area contributed by atoms with Crippen molar-refractivity contribution in [3.63, 3.8) is 0 Å². The number of halogens is 1. The molecule has 0 aliphatic rings. The van der Waals surface area contributed by atoms with Gasteiger partial charge in [-0.3, -0.25) is 4.79 Å². The summed E-state index contributed by atoms with van der Waals surface area (Å²) < 4.78 is 38.5. The SMILES string of the molecule is CS(=O)(=O)N(CC(=O)Nc1ccc(C#N)cc1)Cc1ccccc1F. The molecule has 0 saturated carbocycles. The summed E-state index contributed by atoms with van der Waals surface area (Å²) in [6.45, 7) is -0.695. The lowest BCUT2D eigenvalue weighted by atomic mass is 10.2. The average molecular weight is 361 g/mol. The number of anilines is 1. The Morgan fingerprint density at radius 3 is 2.40 bits per heavy atom. The molecule has 2 aromatic rings. The van der Waals surface area contributed by atoms with E-state index < -0.39 is 28.3 Å². The number of rotatable bonds is 6. The van der Waals surface area contributed by atoms with Gasteiger partial charge in [0, 0.05) is 17.8 Å². The summed E-state index contributed by atoms with van der Waals surface area (Å²) in [5.41, 5.74) is 1.05. The second-order valence-corrected chi connectivity index (χ2v) is 7.34. The van der Waals surface area contributed by atoms with Crippen LogP contribution in [0.2, 0.25) is 0 Å². The van der Waals surface area contributed by atoms with Crippen LogP contribution in [-0.4, -0.2) is 31.4 Å². The van der Waals surface area contributed by atoms with Crippen molar-refractivity contribution in [3.8, 4) is 6.07 Å². The molecule has 0 saturated heterocycles. The molecule has 130 valence electrons. The first-order chi connectivity index (χ1) is 11.8. The number of hydrogen-bond acceptors (Lipinski definition) is 4. The van der Waals surface area contributed by atoms with Gasteiger partial charge in [-0.15, -0.1) is 0 Å². The molecule has 25 heavy (non-hydrogen) atoms. The molecule has 0 atom stereocenters. The van der Waals surface area contributed by atoms with Crippen LogP contribution in [0, 0.1) is 17.1 Å². The molecule has 6 nitrogen and oxygen atoms in total. The maximum Gasteiger partial charge on any atom is 0.239 e. The van der Waals surface area contributed by atoms with Crippen LogP contribution < -0.4 is 5.32 Å². The van der Waals surface area contributed by atoms with Gasteiger partial charge in [0.25, 0.3) is 0 Å². The molecule has 2 rings (SSSR count). The summed E-state index contributed by atoms with van der Waals surface area (Å²) in [6, 6.07) is 13.9. The number of benzene rings is 2. The highest BCUT2D eigenvalue weighted by atomic mass is 32.2. The molecule has 1 amide bonds. The number of amides is 1. The van der Waals surface area contributed by atoms with Gasteiger partial charge in [-0.25, -0.2) is 12.8 Å². The molecule has 0 aliphatic carbocycles. The summed E-state index contributed by atoms with van der Waals surface area (Å²) >= 11 is 0.